The number of aryl methyl sites for hydroxylation is 1. The summed E-state index contributed by atoms with van der Waals surface area (Å²) in [4.78, 5) is 4.55. The average molecular weight is 279 g/mol. The van der Waals surface area contributed by atoms with Gasteiger partial charge in [0.05, 0.1) is 12.7 Å². The minimum absolute atomic E-state index is 0.429. The number of hydrogen-bond acceptors (Lipinski definition) is 5. The van der Waals surface area contributed by atoms with Crippen molar-refractivity contribution in [2.24, 2.45) is 0 Å². The third-order valence-electron chi connectivity index (χ3n) is 2.78. The number of nitrogens with zero attached hydrogens (tertiary/aromatic N) is 1. The SMILES string of the molecule is COc1cc(C)ccc1-c1nc(C(OC)OC)cs1. The molecule has 1 aromatic carbocycles. The molecule has 0 saturated heterocycles. The summed E-state index contributed by atoms with van der Waals surface area (Å²) in [5.74, 6) is 0.826. The highest BCUT2D eigenvalue weighted by molar-refractivity contribution is 7.13. The first kappa shape index (κ1) is 14.0. The van der Waals surface area contributed by atoms with Crippen LogP contribution in [0.5, 0.6) is 5.75 Å². The van der Waals surface area contributed by atoms with Crippen LogP contribution >= 0.6 is 11.3 Å². The van der Waals surface area contributed by atoms with E-state index in [0.717, 1.165) is 27.6 Å². The second kappa shape index (κ2) is 6.14. The summed E-state index contributed by atoms with van der Waals surface area (Å²) in [5, 5.41) is 2.83. The molecule has 19 heavy (non-hydrogen) atoms. The third kappa shape index (κ3) is 2.94. The van der Waals surface area contributed by atoms with E-state index in [1.165, 1.54) is 0 Å². The zero-order valence-electron chi connectivity index (χ0n) is 11.5. The highest BCUT2D eigenvalue weighted by Crippen LogP contribution is 2.34. The summed E-state index contributed by atoms with van der Waals surface area (Å²) in [5.41, 5.74) is 2.91. The summed E-state index contributed by atoms with van der Waals surface area (Å²) >= 11 is 1.55. The molecular formula is C14H17NO3S. The first-order valence-electron chi connectivity index (χ1n) is 5.85. The summed E-state index contributed by atoms with van der Waals surface area (Å²) < 4.78 is 15.8. The van der Waals surface area contributed by atoms with Crippen LogP contribution in [-0.4, -0.2) is 26.3 Å². The predicted molar refractivity (Wildman–Crippen MR) is 75.6 cm³/mol. The quantitative estimate of drug-likeness (QED) is 0.786. The van der Waals surface area contributed by atoms with E-state index in [1.54, 1.807) is 32.7 Å². The van der Waals surface area contributed by atoms with Crippen LogP contribution < -0.4 is 4.74 Å². The summed E-state index contributed by atoms with van der Waals surface area (Å²) in [6, 6.07) is 6.06. The van der Waals surface area contributed by atoms with Crippen LogP contribution in [0.3, 0.4) is 0 Å². The lowest BCUT2D eigenvalue weighted by Crippen LogP contribution is -2.03. The summed E-state index contributed by atoms with van der Waals surface area (Å²) in [7, 11) is 4.86. The Bertz CT molecular complexity index is 549. The summed E-state index contributed by atoms with van der Waals surface area (Å²) in [6.07, 6.45) is -0.429. The van der Waals surface area contributed by atoms with Crippen molar-refractivity contribution in [2.45, 2.75) is 13.2 Å². The van der Waals surface area contributed by atoms with Gasteiger partial charge < -0.3 is 14.2 Å². The van der Waals surface area contributed by atoms with Crippen molar-refractivity contribution in [1.29, 1.82) is 0 Å². The molecule has 1 aromatic heterocycles. The molecule has 0 aliphatic rings. The molecule has 0 fully saturated rings. The Morgan fingerprint density at radius 2 is 1.89 bits per heavy atom. The van der Waals surface area contributed by atoms with Crippen LogP contribution in [0.15, 0.2) is 23.6 Å². The van der Waals surface area contributed by atoms with Crippen molar-refractivity contribution in [3.8, 4) is 16.3 Å². The molecule has 0 N–H and O–H groups in total. The zero-order valence-corrected chi connectivity index (χ0v) is 12.3. The number of ether oxygens (including phenoxy) is 3. The first-order chi connectivity index (χ1) is 9.19. The second-order valence-electron chi connectivity index (χ2n) is 4.08. The van der Waals surface area contributed by atoms with E-state index >= 15 is 0 Å². The van der Waals surface area contributed by atoms with E-state index < -0.39 is 6.29 Å². The molecule has 0 radical (unpaired) electrons. The minimum atomic E-state index is -0.429. The minimum Gasteiger partial charge on any atom is -0.496 e. The molecule has 0 aliphatic heterocycles. The number of thiazole rings is 1. The van der Waals surface area contributed by atoms with Gasteiger partial charge in [0.2, 0.25) is 6.29 Å². The third-order valence-corrected chi connectivity index (χ3v) is 3.67. The maximum absolute atomic E-state index is 5.41. The second-order valence-corrected chi connectivity index (χ2v) is 4.94. The topological polar surface area (TPSA) is 40.6 Å². The van der Waals surface area contributed by atoms with Gasteiger partial charge in [0.25, 0.3) is 0 Å². The fourth-order valence-corrected chi connectivity index (χ4v) is 2.68. The van der Waals surface area contributed by atoms with Gasteiger partial charge in [-0.2, -0.15) is 0 Å². The van der Waals surface area contributed by atoms with Gasteiger partial charge in [0.15, 0.2) is 0 Å². The molecule has 0 bridgehead atoms. The number of benzene rings is 1. The monoisotopic (exact) mass is 279 g/mol. The van der Waals surface area contributed by atoms with Gasteiger partial charge in [-0.1, -0.05) is 6.07 Å². The maximum Gasteiger partial charge on any atom is 0.201 e. The molecule has 0 aliphatic carbocycles. The fourth-order valence-electron chi connectivity index (χ4n) is 1.83. The molecule has 0 unspecified atom stereocenters. The molecule has 2 aromatic rings. The van der Waals surface area contributed by atoms with E-state index in [2.05, 4.69) is 4.98 Å². The van der Waals surface area contributed by atoms with Crippen molar-refractivity contribution in [2.75, 3.05) is 21.3 Å². The molecule has 2 rings (SSSR count). The van der Waals surface area contributed by atoms with Crippen LogP contribution in [0, 0.1) is 6.92 Å². The number of methoxy groups -OCH3 is 3. The van der Waals surface area contributed by atoms with E-state index in [1.807, 2.05) is 30.5 Å². The Balaban J connectivity index is 2.37. The van der Waals surface area contributed by atoms with E-state index in [9.17, 15) is 0 Å². The van der Waals surface area contributed by atoms with Crippen LogP contribution in [0.25, 0.3) is 10.6 Å². The smallest absolute Gasteiger partial charge is 0.201 e. The van der Waals surface area contributed by atoms with Crippen molar-refractivity contribution in [3.63, 3.8) is 0 Å². The first-order valence-corrected chi connectivity index (χ1v) is 6.73. The van der Waals surface area contributed by atoms with Crippen LogP contribution in [0.4, 0.5) is 0 Å². The maximum atomic E-state index is 5.41. The molecule has 0 saturated carbocycles. The Kier molecular flexibility index (Phi) is 4.52. The summed E-state index contributed by atoms with van der Waals surface area (Å²) in [6.45, 7) is 2.03. The Hall–Kier alpha value is -1.43. The fraction of sp³-hybridized carbons (Fsp3) is 0.357. The van der Waals surface area contributed by atoms with E-state index in [4.69, 9.17) is 14.2 Å². The predicted octanol–water partition coefficient (Wildman–Crippen LogP) is 3.42. The lowest BCUT2D eigenvalue weighted by molar-refractivity contribution is -0.108. The van der Waals surface area contributed by atoms with Gasteiger partial charge in [-0.3, -0.25) is 0 Å². The Morgan fingerprint density at radius 3 is 2.53 bits per heavy atom. The largest absolute Gasteiger partial charge is 0.496 e. The van der Waals surface area contributed by atoms with Gasteiger partial charge >= 0.3 is 0 Å². The van der Waals surface area contributed by atoms with Gasteiger partial charge in [0, 0.05) is 19.6 Å². The molecule has 0 atom stereocenters. The van der Waals surface area contributed by atoms with Crippen molar-refractivity contribution < 1.29 is 14.2 Å². The number of hydrogen-bond donors (Lipinski definition) is 0. The molecule has 4 nitrogen and oxygen atoms in total. The molecule has 0 amide bonds. The van der Waals surface area contributed by atoms with E-state index in [0.29, 0.717) is 0 Å². The highest BCUT2D eigenvalue weighted by atomic mass is 32.1. The highest BCUT2D eigenvalue weighted by Gasteiger charge is 2.16. The standard InChI is InChI=1S/C14H17NO3S/c1-9-5-6-10(12(7-9)16-2)13-15-11(8-19-13)14(17-3)18-4/h5-8,14H,1-4H3. The molecule has 5 heteroatoms. The Labute approximate surface area is 117 Å². The normalized spacial score (nSPS) is 11.0. The number of aromatic nitrogens is 1. The lowest BCUT2D eigenvalue weighted by Gasteiger charge is -2.10. The van der Waals surface area contributed by atoms with Gasteiger partial charge in [-0.25, -0.2) is 4.98 Å². The van der Waals surface area contributed by atoms with Gasteiger partial charge in [-0.05, 0) is 24.6 Å². The van der Waals surface area contributed by atoms with E-state index in [-0.39, 0.29) is 0 Å². The average Bonchev–Trinajstić information content (AvgIpc) is 2.89. The van der Waals surface area contributed by atoms with Crippen LogP contribution in [0.1, 0.15) is 17.5 Å². The zero-order chi connectivity index (χ0) is 13.8. The van der Waals surface area contributed by atoms with Crippen molar-refractivity contribution >= 4 is 11.3 Å². The molecular weight excluding hydrogens is 262 g/mol. The Morgan fingerprint density at radius 1 is 1.16 bits per heavy atom. The number of rotatable bonds is 5. The molecule has 1 heterocycles. The van der Waals surface area contributed by atoms with Crippen LogP contribution in [-0.2, 0) is 9.47 Å². The lowest BCUT2D eigenvalue weighted by atomic mass is 10.1. The van der Waals surface area contributed by atoms with Crippen LogP contribution in [0.2, 0.25) is 0 Å². The van der Waals surface area contributed by atoms with Gasteiger partial charge in [0.1, 0.15) is 16.5 Å². The van der Waals surface area contributed by atoms with Crippen molar-refractivity contribution in [3.05, 3.63) is 34.8 Å². The molecule has 102 valence electrons. The molecule has 0 spiro atoms. The van der Waals surface area contributed by atoms with Gasteiger partial charge in [-0.15, -0.1) is 11.3 Å². The van der Waals surface area contributed by atoms with Crippen molar-refractivity contribution in [1.82, 2.24) is 4.98 Å².